The second kappa shape index (κ2) is 10.3. The Morgan fingerprint density at radius 3 is 2.49 bits per heavy atom. The van der Waals surface area contributed by atoms with E-state index in [1.807, 2.05) is 0 Å². The van der Waals surface area contributed by atoms with Crippen LogP contribution in [0.3, 0.4) is 0 Å². The molecule has 4 fully saturated rings. The van der Waals surface area contributed by atoms with Gasteiger partial charge in [0.1, 0.15) is 34.8 Å². The number of nitrogens with zero attached hydrogens (tertiary/aromatic N) is 5. The molecular formula is C30H27F10N7O2. The van der Waals surface area contributed by atoms with E-state index in [1.54, 1.807) is 0 Å². The topological polar surface area (TPSA) is 102 Å². The van der Waals surface area contributed by atoms with Crippen LogP contribution >= 0.6 is 0 Å². The first kappa shape index (κ1) is 32.3. The Morgan fingerprint density at radius 2 is 1.84 bits per heavy atom. The predicted octanol–water partition coefficient (Wildman–Crippen LogP) is 5.37. The molecule has 3 N–H and O–H groups in total. The summed E-state index contributed by atoms with van der Waals surface area (Å²) in [5.41, 5.74) is -1.90. The molecule has 0 amide bonds. The van der Waals surface area contributed by atoms with E-state index in [-0.39, 0.29) is 25.0 Å². The van der Waals surface area contributed by atoms with Crippen molar-refractivity contribution in [2.45, 2.75) is 80.7 Å². The Hall–Kier alpha value is -3.87. The van der Waals surface area contributed by atoms with E-state index < -0.39 is 117 Å². The molecule has 0 saturated carbocycles. The minimum Gasteiger partial charge on any atom is -0.462 e. The lowest BCUT2D eigenvalue weighted by molar-refractivity contribution is -0.203. The number of fused-ring (bicyclic) bond motifs is 6. The van der Waals surface area contributed by atoms with E-state index >= 15 is 4.39 Å². The molecule has 5 aliphatic rings. The van der Waals surface area contributed by atoms with Crippen LogP contribution in [0.1, 0.15) is 36.8 Å². The summed E-state index contributed by atoms with van der Waals surface area (Å²) < 4.78 is 159. The molecule has 3 aromatic rings. The number of benzene rings is 1. The molecule has 1 unspecified atom stereocenters. The van der Waals surface area contributed by atoms with Crippen molar-refractivity contribution >= 4 is 22.4 Å². The molecule has 19 heteroatoms. The van der Waals surface area contributed by atoms with E-state index in [9.17, 15) is 39.5 Å². The van der Waals surface area contributed by atoms with Crippen molar-refractivity contribution in [3.8, 4) is 23.1 Å². The van der Waals surface area contributed by atoms with Gasteiger partial charge in [-0.25, -0.2) is 22.5 Å². The fourth-order valence-electron chi connectivity index (χ4n) is 8.17. The molecule has 1 aromatic carbocycles. The number of nitrogen functional groups attached to an aromatic ring is 1. The predicted molar refractivity (Wildman–Crippen MR) is 152 cm³/mol. The lowest BCUT2D eigenvalue weighted by Gasteiger charge is -2.46. The van der Waals surface area contributed by atoms with Crippen LogP contribution in [0.5, 0.6) is 11.9 Å². The van der Waals surface area contributed by atoms with Gasteiger partial charge in [-0.15, -0.1) is 0 Å². The lowest BCUT2D eigenvalue weighted by Crippen LogP contribution is -2.66. The van der Waals surface area contributed by atoms with Gasteiger partial charge in [-0.05, 0) is 37.8 Å². The number of piperazine rings is 1. The number of nitrogens with one attached hydrogen (secondary N) is 1. The van der Waals surface area contributed by atoms with Crippen molar-refractivity contribution in [3.63, 3.8) is 0 Å². The summed E-state index contributed by atoms with van der Waals surface area (Å²) in [7, 11) is 0. The maximum Gasteiger partial charge on any atom is 0.427 e. The van der Waals surface area contributed by atoms with Crippen LogP contribution in [0.4, 0.5) is 55.4 Å². The Balaban J connectivity index is 1.36. The largest absolute Gasteiger partial charge is 0.462 e. The Labute approximate surface area is 270 Å². The van der Waals surface area contributed by atoms with Crippen molar-refractivity contribution in [3.05, 3.63) is 28.8 Å². The zero-order chi connectivity index (χ0) is 35.0. The smallest absolute Gasteiger partial charge is 0.427 e. The van der Waals surface area contributed by atoms with Crippen LogP contribution in [0.25, 0.3) is 22.2 Å². The van der Waals surface area contributed by atoms with Crippen molar-refractivity contribution in [2.75, 3.05) is 36.9 Å². The van der Waals surface area contributed by atoms with Crippen molar-refractivity contribution in [2.24, 2.45) is 0 Å². The molecule has 2 bridgehead atoms. The Morgan fingerprint density at radius 1 is 1.08 bits per heavy atom. The highest BCUT2D eigenvalue weighted by molar-refractivity contribution is 5.97. The molecule has 8 rings (SSSR count). The van der Waals surface area contributed by atoms with Crippen LogP contribution in [-0.4, -0.2) is 88.0 Å². The molecule has 5 atom stereocenters. The fraction of sp³-hybridized carbons (Fsp3) is 0.567. The van der Waals surface area contributed by atoms with Crippen molar-refractivity contribution in [1.29, 1.82) is 0 Å². The summed E-state index contributed by atoms with van der Waals surface area (Å²) >= 11 is 0. The van der Waals surface area contributed by atoms with Gasteiger partial charge in [-0.3, -0.25) is 4.90 Å². The first-order chi connectivity index (χ1) is 22.9. The molecule has 5 aliphatic heterocycles. The highest BCUT2D eigenvalue weighted by Crippen LogP contribution is 2.50. The number of hydrogen-bond donors (Lipinski definition) is 2. The standard InChI is InChI=1S/C30H27F10N7O2/c1-11-17(29(35,36)37)13(6-14(41)18(11)31)20-19(32)21-16-24(45-26(44-21)48-10-27-4-5-46(27)9-28(33,34)8-27)47-7-12-2-3-15(42-12)22(47)23(30(38,39)40)49-25(16)43-20/h6,12,15,22-23,42H,2-5,7-10,41H2,1H3/t12-,15+,22+,23?,27-/m1/s1. The van der Waals surface area contributed by atoms with E-state index in [4.69, 9.17) is 15.2 Å². The minimum atomic E-state index is -5.28. The van der Waals surface area contributed by atoms with Gasteiger partial charge >= 0.3 is 18.4 Å². The zero-order valence-corrected chi connectivity index (χ0v) is 25.5. The average molecular weight is 708 g/mol. The summed E-state index contributed by atoms with van der Waals surface area (Å²) in [6.45, 7) is 0.227. The molecule has 2 aromatic heterocycles. The van der Waals surface area contributed by atoms with Gasteiger partial charge in [0, 0.05) is 37.2 Å². The number of anilines is 2. The van der Waals surface area contributed by atoms with E-state index in [1.165, 1.54) is 9.80 Å². The first-order valence-corrected chi connectivity index (χ1v) is 15.5. The summed E-state index contributed by atoms with van der Waals surface area (Å²) in [4.78, 5) is 15.1. The molecular weight excluding hydrogens is 680 g/mol. The fourth-order valence-corrected chi connectivity index (χ4v) is 8.17. The second-order valence-corrected chi connectivity index (χ2v) is 13.4. The highest BCUT2D eigenvalue weighted by Gasteiger charge is 2.60. The highest BCUT2D eigenvalue weighted by atomic mass is 19.4. The maximum absolute atomic E-state index is 16.7. The summed E-state index contributed by atoms with van der Waals surface area (Å²) in [6.07, 6.45) is -12.3. The van der Waals surface area contributed by atoms with Gasteiger partial charge in [-0.2, -0.15) is 36.3 Å². The monoisotopic (exact) mass is 707 g/mol. The molecule has 0 spiro atoms. The van der Waals surface area contributed by atoms with Crippen LogP contribution in [0.2, 0.25) is 0 Å². The molecule has 0 aliphatic carbocycles. The van der Waals surface area contributed by atoms with Gasteiger partial charge in [0.25, 0.3) is 5.92 Å². The third-order valence-corrected chi connectivity index (χ3v) is 10.4. The number of nitrogens with two attached hydrogens (primary N) is 1. The zero-order valence-electron chi connectivity index (χ0n) is 25.5. The lowest BCUT2D eigenvalue weighted by atomic mass is 9.85. The molecule has 0 radical (unpaired) electrons. The van der Waals surface area contributed by atoms with E-state index in [0.29, 0.717) is 31.9 Å². The number of ether oxygens (including phenoxy) is 2. The molecule has 9 nitrogen and oxygen atoms in total. The SMILES string of the molecule is Cc1c(F)c(N)cc(-c2nc3c4c(nc(OC[C@]56CCN5CC(F)(F)C6)nc4c2F)N2C[C@H]4CC[C@H](N4)[C@H]2C(C(F)(F)F)O3)c1C(F)(F)F. The third-order valence-electron chi connectivity index (χ3n) is 10.4. The molecule has 264 valence electrons. The van der Waals surface area contributed by atoms with Gasteiger partial charge in [0.15, 0.2) is 5.82 Å². The van der Waals surface area contributed by atoms with Crippen molar-refractivity contribution < 1.29 is 53.4 Å². The average Bonchev–Trinajstić information content (AvgIpc) is 3.41. The first-order valence-electron chi connectivity index (χ1n) is 15.5. The minimum absolute atomic E-state index is 0.0404. The number of hydrogen-bond acceptors (Lipinski definition) is 9. The molecule has 7 heterocycles. The normalized spacial score (nSPS) is 28.9. The Bertz CT molecular complexity index is 1890. The maximum atomic E-state index is 16.7. The third kappa shape index (κ3) is 4.92. The second-order valence-electron chi connectivity index (χ2n) is 13.4. The summed E-state index contributed by atoms with van der Waals surface area (Å²) in [5.74, 6) is -7.13. The number of rotatable bonds is 4. The Kier molecular flexibility index (Phi) is 6.82. The van der Waals surface area contributed by atoms with Crippen LogP contribution in [0.15, 0.2) is 6.07 Å². The van der Waals surface area contributed by atoms with Gasteiger partial charge < -0.3 is 25.4 Å². The van der Waals surface area contributed by atoms with Gasteiger partial charge in [0.2, 0.25) is 12.0 Å². The number of halogens is 10. The quantitative estimate of drug-likeness (QED) is 0.274. The van der Waals surface area contributed by atoms with Crippen molar-refractivity contribution in [1.82, 2.24) is 25.2 Å². The molecule has 49 heavy (non-hydrogen) atoms. The van der Waals surface area contributed by atoms with E-state index in [0.717, 1.165) is 6.92 Å². The summed E-state index contributed by atoms with van der Waals surface area (Å²) in [5, 5.41) is 2.67. The number of alkyl halides is 8. The number of pyridine rings is 1. The van der Waals surface area contributed by atoms with Crippen LogP contribution < -0.4 is 25.4 Å². The van der Waals surface area contributed by atoms with Gasteiger partial charge in [0.05, 0.1) is 29.4 Å². The number of aromatic nitrogens is 3. The molecule has 4 saturated heterocycles. The van der Waals surface area contributed by atoms with Gasteiger partial charge in [-0.1, -0.05) is 0 Å². The summed E-state index contributed by atoms with van der Waals surface area (Å²) in [6, 6.07) is -2.65. The van der Waals surface area contributed by atoms with Crippen LogP contribution in [-0.2, 0) is 6.18 Å². The van der Waals surface area contributed by atoms with E-state index in [2.05, 4.69) is 20.3 Å². The van der Waals surface area contributed by atoms with Crippen LogP contribution in [0, 0.1) is 18.6 Å².